The maximum absolute atomic E-state index is 12.7. The summed E-state index contributed by atoms with van der Waals surface area (Å²) in [6, 6.07) is 10.8. The van der Waals surface area contributed by atoms with Crippen molar-refractivity contribution in [3.05, 3.63) is 58.9 Å². The van der Waals surface area contributed by atoms with Crippen LogP contribution < -0.4 is 0 Å². The lowest BCUT2D eigenvalue weighted by Gasteiger charge is -2.23. The molecule has 6 heteroatoms. The van der Waals surface area contributed by atoms with Gasteiger partial charge in [-0.1, -0.05) is 29.8 Å². The van der Waals surface area contributed by atoms with E-state index < -0.39 is 10.0 Å². The average Bonchev–Trinajstić information content (AvgIpc) is 3.11. The molecule has 0 radical (unpaired) electrons. The van der Waals surface area contributed by atoms with Gasteiger partial charge in [-0.15, -0.1) is 0 Å². The topological polar surface area (TPSA) is 53.2 Å². The first-order valence-electron chi connectivity index (χ1n) is 6.94. The average molecular weight is 325 g/mol. The normalized spacial score (nSPS) is 20.0. The molecule has 1 unspecified atom stereocenters. The van der Waals surface area contributed by atoms with Crippen LogP contribution in [0.3, 0.4) is 0 Å². The summed E-state index contributed by atoms with van der Waals surface area (Å²) in [5.74, 6) is -0.0517. The summed E-state index contributed by atoms with van der Waals surface area (Å²) in [5.41, 5.74) is 1.60. The summed E-state index contributed by atoms with van der Waals surface area (Å²) in [4.78, 5) is 3.12. The Morgan fingerprint density at radius 2 is 2.05 bits per heavy atom. The number of aromatic nitrogens is 1. The van der Waals surface area contributed by atoms with Gasteiger partial charge >= 0.3 is 0 Å². The fourth-order valence-corrected chi connectivity index (χ4v) is 4.94. The number of hydrogen-bond donors (Lipinski definition) is 1. The van der Waals surface area contributed by atoms with Crippen LogP contribution in [0.1, 0.15) is 30.1 Å². The minimum absolute atomic E-state index is 0.0517. The lowest BCUT2D eigenvalue weighted by molar-refractivity contribution is 0.391. The summed E-state index contributed by atoms with van der Waals surface area (Å²) in [5, 5.41) is 0.497. The maximum Gasteiger partial charge on any atom is 0.218 e. The van der Waals surface area contributed by atoms with Crippen molar-refractivity contribution in [2.75, 3.05) is 6.54 Å². The molecule has 1 aromatic heterocycles. The van der Waals surface area contributed by atoms with E-state index >= 15 is 0 Å². The molecule has 1 saturated heterocycles. The highest BCUT2D eigenvalue weighted by Gasteiger charge is 2.35. The number of H-pyrrole nitrogens is 1. The van der Waals surface area contributed by atoms with Crippen LogP contribution in [0.25, 0.3) is 0 Å². The Morgan fingerprint density at radius 3 is 2.76 bits per heavy atom. The number of sulfonamides is 1. The Bertz CT molecular complexity index is 713. The van der Waals surface area contributed by atoms with Gasteiger partial charge < -0.3 is 4.98 Å². The van der Waals surface area contributed by atoms with Gasteiger partial charge in [-0.2, -0.15) is 4.31 Å². The number of halogens is 1. The summed E-state index contributed by atoms with van der Waals surface area (Å²) in [6.07, 6.45) is 3.56. The molecule has 112 valence electrons. The zero-order chi connectivity index (χ0) is 14.9. The Kier molecular flexibility index (Phi) is 4.06. The van der Waals surface area contributed by atoms with Gasteiger partial charge in [0.15, 0.2) is 0 Å². The summed E-state index contributed by atoms with van der Waals surface area (Å²) < 4.78 is 27.0. The lowest BCUT2D eigenvalue weighted by atomic mass is 10.2. The van der Waals surface area contributed by atoms with Crippen molar-refractivity contribution in [2.45, 2.75) is 24.6 Å². The molecule has 0 saturated carbocycles. The standard InChI is InChI=1S/C15H17ClN2O2S/c16-13-6-2-1-5-12(13)11-21(19,20)18-10-4-8-15(18)14-7-3-9-17-14/h1-3,5-7,9,15,17H,4,8,10-11H2. The van der Waals surface area contributed by atoms with E-state index in [9.17, 15) is 8.42 Å². The predicted molar refractivity (Wildman–Crippen MR) is 83.5 cm³/mol. The van der Waals surface area contributed by atoms with Gasteiger partial charge in [-0.25, -0.2) is 8.42 Å². The minimum atomic E-state index is -3.38. The molecule has 1 atom stereocenters. The van der Waals surface area contributed by atoms with E-state index in [1.165, 1.54) is 0 Å². The van der Waals surface area contributed by atoms with Crippen LogP contribution in [-0.2, 0) is 15.8 Å². The molecule has 1 aromatic carbocycles. The Morgan fingerprint density at radius 1 is 1.24 bits per heavy atom. The van der Waals surface area contributed by atoms with Gasteiger partial charge in [0.25, 0.3) is 0 Å². The molecule has 0 bridgehead atoms. The number of rotatable bonds is 4. The van der Waals surface area contributed by atoms with E-state index in [1.807, 2.05) is 24.4 Å². The van der Waals surface area contributed by atoms with Crippen molar-refractivity contribution in [1.82, 2.24) is 9.29 Å². The van der Waals surface area contributed by atoms with E-state index in [-0.39, 0.29) is 11.8 Å². The molecule has 0 aliphatic carbocycles. The number of nitrogens with one attached hydrogen (secondary N) is 1. The molecule has 21 heavy (non-hydrogen) atoms. The summed E-state index contributed by atoms with van der Waals surface area (Å²) >= 11 is 6.08. The van der Waals surface area contributed by atoms with Crippen molar-refractivity contribution in [3.8, 4) is 0 Å². The Labute approximate surface area is 129 Å². The second kappa shape index (κ2) is 5.83. The van der Waals surface area contributed by atoms with Crippen molar-refractivity contribution < 1.29 is 8.42 Å². The number of benzene rings is 1. The maximum atomic E-state index is 12.7. The van der Waals surface area contributed by atoms with Gasteiger partial charge in [0.1, 0.15) is 0 Å². The second-order valence-electron chi connectivity index (χ2n) is 5.24. The Hall–Kier alpha value is -1.30. The van der Waals surface area contributed by atoms with Crippen molar-refractivity contribution in [3.63, 3.8) is 0 Å². The van der Waals surface area contributed by atoms with Crippen LogP contribution in [0.4, 0.5) is 0 Å². The number of hydrogen-bond acceptors (Lipinski definition) is 2. The first-order chi connectivity index (χ1) is 10.1. The summed E-state index contributed by atoms with van der Waals surface area (Å²) in [6.45, 7) is 0.566. The van der Waals surface area contributed by atoms with Crippen molar-refractivity contribution in [2.24, 2.45) is 0 Å². The molecular formula is C15H17ClN2O2S. The molecule has 1 aliphatic rings. The molecule has 2 aromatic rings. The third-order valence-electron chi connectivity index (χ3n) is 3.84. The molecular weight excluding hydrogens is 308 g/mol. The van der Waals surface area contributed by atoms with E-state index in [0.29, 0.717) is 17.1 Å². The van der Waals surface area contributed by atoms with Gasteiger partial charge in [0.05, 0.1) is 11.8 Å². The highest BCUT2D eigenvalue weighted by Crippen LogP contribution is 2.34. The number of nitrogens with zero attached hydrogens (tertiary/aromatic N) is 1. The van der Waals surface area contributed by atoms with Crippen LogP contribution >= 0.6 is 11.6 Å². The van der Waals surface area contributed by atoms with Gasteiger partial charge in [0.2, 0.25) is 10.0 Å². The highest BCUT2D eigenvalue weighted by atomic mass is 35.5. The van der Waals surface area contributed by atoms with Crippen molar-refractivity contribution in [1.29, 1.82) is 0 Å². The molecule has 0 spiro atoms. The summed E-state index contributed by atoms with van der Waals surface area (Å²) in [7, 11) is -3.38. The van der Waals surface area contributed by atoms with E-state index in [4.69, 9.17) is 11.6 Å². The molecule has 3 rings (SSSR count). The van der Waals surface area contributed by atoms with Gasteiger partial charge in [-0.05, 0) is 36.6 Å². The van der Waals surface area contributed by atoms with Crippen LogP contribution in [0.2, 0.25) is 5.02 Å². The molecule has 1 fully saturated rings. The molecule has 2 heterocycles. The zero-order valence-corrected chi connectivity index (χ0v) is 13.1. The van der Waals surface area contributed by atoms with Crippen LogP contribution in [0.15, 0.2) is 42.6 Å². The van der Waals surface area contributed by atoms with E-state index in [0.717, 1.165) is 18.5 Å². The monoisotopic (exact) mass is 324 g/mol. The zero-order valence-electron chi connectivity index (χ0n) is 11.5. The van der Waals surface area contributed by atoms with Crippen LogP contribution in [-0.4, -0.2) is 24.3 Å². The Balaban J connectivity index is 1.86. The molecule has 0 amide bonds. The van der Waals surface area contributed by atoms with Crippen LogP contribution in [0, 0.1) is 0 Å². The molecule has 1 aliphatic heterocycles. The molecule has 1 N–H and O–H groups in total. The minimum Gasteiger partial charge on any atom is -0.364 e. The predicted octanol–water partition coefficient (Wildman–Crippen LogP) is 3.34. The van der Waals surface area contributed by atoms with E-state index in [2.05, 4.69) is 4.98 Å². The third kappa shape index (κ3) is 3.00. The largest absolute Gasteiger partial charge is 0.364 e. The fraction of sp³-hybridized carbons (Fsp3) is 0.333. The number of aromatic amines is 1. The fourth-order valence-electron chi connectivity index (χ4n) is 2.83. The highest BCUT2D eigenvalue weighted by molar-refractivity contribution is 7.88. The second-order valence-corrected chi connectivity index (χ2v) is 7.57. The van der Waals surface area contributed by atoms with E-state index in [1.54, 1.807) is 22.5 Å². The van der Waals surface area contributed by atoms with Crippen molar-refractivity contribution >= 4 is 21.6 Å². The third-order valence-corrected chi connectivity index (χ3v) is 6.03. The first-order valence-corrected chi connectivity index (χ1v) is 8.93. The quantitative estimate of drug-likeness (QED) is 0.937. The van der Waals surface area contributed by atoms with Gasteiger partial charge in [-0.3, -0.25) is 0 Å². The smallest absolute Gasteiger partial charge is 0.218 e. The van der Waals surface area contributed by atoms with Crippen LogP contribution in [0.5, 0.6) is 0 Å². The lowest BCUT2D eigenvalue weighted by Crippen LogP contribution is -2.32. The molecule has 4 nitrogen and oxygen atoms in total. The SMILES string of the molecule is O=S(=O)(Cc1ccccc1Cl)N1CCCC1c1ccc[nH]1. The van der Waals surface area contributed by atoms with Gasteiger partial charge in [0, 0.05) is 23.5 Å². The first kappa shape index (κ1) is 14.6.